The molecule has 0 aliphatic carbocycles. The van der Waals surface area contributed by atoms with Crippen molar-refractivity contribution >= 4 is 29.3 Å². The molecule has 5 rings (SSSR count). The van der Waals surface area contributed by atoms with Crippen LogP contribution in [-0.2, 0) is 11.2 Å². The molecule has 2 aromatic heterocycles. The minimum Gasteiger partial charge on any atom is -0.378 e. The van der Waals surface area contributed by atoms with Gasteiger partial charge in [0.15, 0.2) is 0 Å². The van der Waals surface area contributed by atoms with Gasteiger partial charge in [0.05, 0.1) is 18.9 Å². The number of carbonyl (C=O) groups excluding carboxylic acids is 1. The zero-order valence-electron chi connectivity index (χ0n) is 20.6. The Hall–Kier alpha value is -3.83. The minimum absolute atomic E-state index is 0.0884. The Morgan fingerprint density at radius 1 is 1.14 bits per heavy atom. The first-order valence-electron chi connectivity index (χ1n) is 12.1. The summed E-state index contributed by atoms with van der Waals surface area (Å²) in [5.74, 6) is 1.62. The third-order valence-electron chi connectivity index (χ3n) is 6.32. The van der Waals surface area contributed by atoms with Crippen LogP contribution in [0.3, 0.4) is 0 Å². The SMILES string of the molecule is CN(C)CCNC(=O)c1cccc(N2CCc3c(-c4cnc(N)nc4)nc(N4CCOCC4)nc32)c1. The molecule has 3 aromatic rings. The van der Waals surface area contributed by atoms with E-state index in [0.29, 0.717) is 31.3 Å². The zero-order valence-corrected chi connectivity index (χ0v) is 20.6. The van der Waals surface area contributed by atoms with Gasteiger partial charge in [-0.2, -0.15) is 4.98 Å². The number of benzene rings is 1. The summed E-state index contributed by atoms with van der Waals surface area (Å²) in [7, 11) is 3.96. The number of rotatable bonds is 7. The number of ether oxygens (including phenoxy) is 1. The summed E-state index contributed by atoms with van der Waals surface area (Å²) in [6, 6.07) is 7.67. The van der Waals surface area contributed by atoms with Crippen LogP contribution in [-0.4, -0.2) is 90.8 Å². The number of aromatic nitrogens is 4. The van der Waals surface area contributed by atoms with E-state index < -0.39 is 0 Å². The Bertz CT molecular complexity index is 1230. The maximum absolute atomic E-state index is 12.7. The van der Waals surface area contributed by atoms with Crippen molar-refractivity contribution in [1.29, 1.82) is 0 Å². The number of morpholine rings is 1. The van der Waals surface area contributed by atoms with Gasteiger partial charge in [0.2, 0.25) is 11.9 Å². The van der Waals surface area contributed by atoms with Gasteiger partial charge in [-0.1, -0.05) is 6.07 Å². The highest BCUT2D eigenvalue weighted by Crippen LogP contribution is 2.39. The maximum Gasteiger partial charge on any atom is 0.251 e. The summed E-state index contributed by atoms with van der Waals surface area (Å²) >= 11 is 0. The Balaban J connectivity index is 1.50. The van der Waals surface area contributed by atoms with E-state index in [1.165, 1.54) is 0 Å². The number of nitrogens with zero attached hydrogens (tertiary/aromatic N) is 7. The number of nitrogens with one attached hydrogen (secondary N) is 1. The van der Waals surface area contributed by atoms with Gasteiger partial charge in [0, 0.05) is 67.5 Å². The lowest BCUT2D eigenvalue weighted by molar-refractivity contribution is 0.0951. The van der Waals surface area contributed by atoms with Gasteiger partial charge < -0.3 is 30.5 Å². The van der Waals surface area contributed by atoms with Crippen LogP contribution in [0.5, 0.6) is 0 Å². The quantitative estimate of drug-likeness (QED) is 0.502. The zero-order chi connectivity index (χ0) is 25.1. The third kappa shape index (κ3) is 5.07. The second-order valence-corrected chi connectivity index (χ2v) is 9.11. The third-order valence-corrected chi connectivity index (χ3v) is 6.32. The highest BCUT2D eigenvalue weighted by Gasteiger charge is 2.29. The molecule has 1 aromatic carbocycles. The van der Waals surface area contributed by atoms with E-state index in [9.17, 15) is 4.79 Å². The van der Waals surface area contributed by atoms with E-state index in [2.05, 4.69) is 25.1 Å². The second-order valence-electron chi connectivity index (χ2n) is 9.11. The fourth-order valence-electron chi connectivity index (χ4n) is 4.41. The average molecular weight is 490 g/mol. The monoisotopic (exact) mass is 489 g/mol. The molecule has 0 saturated carbocycles. The Kier molecular flexibility index (Phi) is 6.92. The summed E-state index contributed by atoms with van der Waals surface area (Å²) in [4.78, 5) is 37.4. The molecule has 0 unspecified atom stereocenters. The van der Waals surface area contributed by atoms with Crippen LogP contribution in [0.1, 0.15) is 15.9 Å². The van der Waals surface area contributed by atoms with Crippen molar-refractivity contribution in [3.05, 3.63) is 47.8 Å². The topological polar surface area (TPSA) is 126 Å². The van der Waals surface area contributed by atoms with Gasteiger partial charge in [-0.05, 0) is 38.7 Å². The average Bonchev–Trinajstić information content (AvgIpc) is 3.33. The van der Waals surface area contributed by atoms with Crippen molar-refractivity contribution in [1.82, 2.24) is 30.2 Å². The molecule has 0 atom stereocenters. The molecule has 2 aliphatic heterocycles. The van der Waals surface area contributed by atoms with Crippen LogP contribution in [0.4, 0.5) is 23.4 Å². The van der Waals surface area contributed by atoms with Gasteiger partial charge in [0.25, 0.3) is 5.91 Å². The van der Waals surface area contributed by atoms with E-state index >= 15 is 0 Å². The van der Waals surface area contributed by atoms with Crippen molar-refractivity contribution in [3.8, 4) is 11.3 Å². The predicted octanol–water partition coefficient (Wildman–Crippen LogP) is 1.34. The molecule has 1 amide bonds. The molecule has 1 saturated heterocycles. The van der Waals surface area contributed by atoms with Crippen molar-refractivity contribution in [3.63, 3.8) is 0 Å². The highest BCUT2D eigenvalue weighted by atomic mass is 16.5. The fourth-order valence-corrected chi connectivity index (χ4v) is 4.41. The highest BCUT2D eigenvalue weighted by molar-refractivity contribution is 5.95. The van der Waals surface area contributed by atoms with E-state index in [0.717, 1.165) is 60.9 Å². The van der Waals surface area contributed by atoms with Crippen molar-refractivity contribution in [2.24, 2.45) is 0 Å². The summed E-state index contributed by atoms with van der Waals surface area (Å²) in [5.41, 5.74) is 9.90. The molecule has 11 nitrogen and oxygen atoms in total. The smallest absolute Gasteiger partial charge is 0.251 e. The number of amides is 1. The molecule has 3 N–H and O–H groups in total. The Morgan fingerprint density at radius 3 is 2.67 bits per heavy atom. The first-order valence-corrected chi connectivity index (χ1v) is 12.1. The molecule has 2 aliphatic rings. The molecule has 36 heavy (non-hydrogen) atoms. The molecule has 188 valence electrons. The van der Waals surface area contributed by atoms with E-state index in [-0.39, 0.29) is 11.9 Å². The Labute approximate surface area is 210 Å². The number of hydrogen-bond donors (Lipinski definition) is 2. The fraction of sp³-hybridized carbons (Fsp3) is 0.400. The molecule has 1 fully saturated rings. The number of nitrogens with two attached hydrogens (primary N) is 1. The lowest BCUT2D eigenvalue weighted by Crippen LogP contribution is -2.37. The largest absolute Gasteiger partial charge is 0.378 e. The van der Waals surface area contributed by atoms with Gasteiger partial charge in [0.1, 0.15) is 5.82 Å². The number of likely N-dealkylation sites (N-methyl/N-ethyl adjacent to an activating group) is 1. The number of carbonyl (C=O) groups is 1. The summed E-state index contributed by atoms with van der Waals surface area (Å²) in [5, 5.41) is 2.99. The van der Waals surface area contributed by atoms with Crippen LogP contribution in [0.2, 0.25) is 0 Å². The lowest BCUT2D eigenvalue weighted by atomic mass is 10.1. The van der Waals surface area contributed by atoms with Gasteiger partial charge >= 0.3 is 0 Å². The van der Waals surface area contributed by atoms with Crippen LogP contribution in [0.25, 0.3) is 11.3 Å². The number of anilines is 4. The first kappa shape index (κ1) is 23.9. The molecule has 11 heteroatoms. The first-order chi connectivity index (χ1) is 17.5. The van der Waals surface area contributed by atoms with Gasteiger partial charge in [-0.3, -0.25) is 4.79 Å². The van der Waals surface area contributed by atoms with Crippen LogP contribution < -0.4 is 20.9 Å². The van der Waals surface area contributed by atoms with Crippen LogP contribution in [0.15, 0.2) is 36.7 Å². The van der Waals surface area contributed by atoms with Gasteiger partial charge in [-0.15, -0.1) is 0 Å². The van der Waals surface area contributed by atoms with Gasteiger partial charge in [-0.25, -0.2) is 15.0 Å². The van der Waals surface area contributed by atoms with E-state index in [1.54, 1.807) is 12.4 Å². The van der Waals surface area contributed by atoms with Crippen molar-refractivity contribution in [2.45, 2.75) is 6.42 Å². The summed E-state index contributed by atoms with van der Waals surface area (Å²) in [6.45, 7) is 4.81. The summed E-state index contributed by atoms with van der Waals surface area (Å²) < 4.78 is 5.53. The minimum atomic E-state index is -0.0884. The normalized spacial score (nSPS) is 15.3. The number of nitrogen functional groups attached to an aromatic ring is 1. The molecule has 0 spiro atoms. The van der Waals surface area contributed by atoms with Crippen LogP contribution >= 0.6 is 0 Å². The molecule has 0 bridgehead atoms. The number of fused-ring (bicyclic) bond motifs is 1. The molecule has 4 heterocycles. The summed E-state index contributed by atoms with van der Waals surface area (Å²) in [6.07, 6.45) is 4.17. The van der Waals surface area contributed by atoms with E-state index in [1.807, 2.05) is 43.3 Å². The number of hydrogen-bond acceptors (Lipinski definition) is 10. The van der Waals surface area contributed by atoms with E-state index in [4.69, 9.17) is 20.4 Å². The van der Waals surface area contributed by atoms with Crippen molar-refractivity contribution in [2.75, 3.05) is 75.6 Å². The molecular weight excluding hydrogens is 458 g/mol. The second kappa shape index (κ2) is 10.4. The molecule has 0 radical (unpaired) electrons. The standard InChI is InChI=1S/C25H31N9O2/c1-32(2)9-7-27-23(35)17-4-3-5-19(14-17)34-8-6-20-21(18-15-28-24(26)29-16-18)30-25(31-22(20)34)33-10-12-36-13-11-33/h3-5,14-16H,6-13H2,1-2H3,(H,27,35)(H2,26,28,29). The van der Waals surface area contributed by atoms with Crippen LogP contribution in [0, 0.1) is 0 Å². The van der Waals surface area contributed by atoms with Crippen molar-refractivity contribution < 1.29 is 9.53 Å². The predicted molar refractivity (Wildman–Crippen MR) is 139 cm³/mol. The Morgan fingerprint density at radius 2 is 1.92 bits per heavy atom. The lowest BCUT2D eigenvalue weighted by Gasteiger charge is -2.28. The molecular formula is C25H31N9O2. The maximum atomic E-state index is 12.7.